The Morgan fingerprint density at radius 2 is 1.89 bits per heavy atom. The average Bonchev–Trinajstić information content (AvgIpc) is 2.30. The molecule has 2 rings (SSSR count). The highest BCUT2D eigenvalue weighted by atomic mass is 19.1. The molecule has 1 aliphatic heterocycles. The summed E-state index contributed by atoms with van der Waals surface area (Å²) in [5, 5.41) is 2.10. The highest BCUT2D eigenvalue weighted by Gasteiger charge is 2.32. The van der Waals surface area contributed by atoms with Crippen LogP contribution in [0.4, 0.5) is 8.78 Å². The van der Waals surface area contributed by atoms with Gasteiger partial charge in [-0.1, -0.05) is 6.92 Å². The van der Waals surface area contributed by atoms with Crippen LogP contribution in [-0.4, -0.2) is 11.8 Å². The lowest BCUT2D eigenvalue weighted by Gasteiger charge is -2.22. The molecule has 1 N–H and O–H groups in total. The van der Waals surface area contributed by atoms with Gasteiger partial charge < -0.3 is 0 Å². The fourth-order valence-corrected chi connectivity index (χ4v) is 2.14. The Labute approximate surface area is 103 Å². The number of hydrogen-bond acceptors (Lipinski definition) is 2. The van der Waals surface area contributed by atoms with Crippen LogP contribution < -0.4 is 5.32 Å². The zero-order valence-electron chi connectivity index (χ0n) is 9.93. The van der Waals surface area contributed by atoms with E-state index >= 15 is 0 Å². The maximum absolute atomic E-state index is 13.8. The monoisotopic (exact) mass is 253 g/mol. The van der Waals surface area contributed by atoms with E-state index in [-0.39, 0.29) is 18.4 Å². The number of imide groups is 1. The molecule has 1 fully saturated rings. The lowest BCUT2D eigenvalue weighted by molar-refractivity contribution is -0.134. The first-order valence-corrected chi connectivity index (χ1v) is 5.84. The summed E-state index contributed by atoms with van der Waals surface area (Å²) in [5.74, 6) is -3.40. The van der Waals surface area contributed by atoms with Crippen molar-refractivity contribution >= 4 is 11.8 Å². The average molecular weight is 253 g/mol. The quantitative estimate of drug-likeness (QED) is 0.820. The molecule has 96 valence electrons. The molecular weight excluding hydrogens is 240 g/mol. The van der Waals surface area contributed by atoms with Gasteiger partial charge >= 0.3 is 0 Å². The number of hydrogen-bond donors (Lipinski definition) is 1. The maximum atomic E-state index is 13.8. The fraction of sp³-hybridized carbons (Fsp3) is 0.385. The van der Waals surface area contributed by atoms with Gasteiger partial charge in [-0.2, -0.15) is 0 Å². The van der Waals surface area contributed by atoms with E-state index in [2.05, 4.69) is 5.32 Å². The van der Waals surface area contributed by atoms with E-state index in [1.165, 1.54) is 12.1 Å². The van der Waals surface area contributed by atoms with Gasteiger partial charge in [-0.05, 0) is 30.5 Å². The summed E-state index contributed by atoms with van der Waals surface area (Å²) < 4.78 is 27.7. The number of benzene rings is 1. The zero-order chi connectivity index (χ0) is 13.3. The number of carbonyl (C=O) groups excluding carboxylic acids is 2. The number of aryl methyl sites for hydroxylation is 1. The lowest BCUT2D eigenvalue weighted by atomic mass is 9.89. The molecule has 1 atom stereocenters. The summed E-state index contributed by atoms with van der Waals surface area (Å²) in [7, 11) is 0. The highest BCUT2D eigenvalue weighted by Crippen LogP contribution is 2.30. The molecule has 1 saturated heterocycles. The molecule has 0 aliphatic carbocycles. The molecule has 1 aromatic rings. The molecule has 3 nitrogen and oxygen atoms in total. The Bertz CT molecular complexity index is 491. The lowest BCUT2D eigenvalue weighted by Crippen LogP contribution is -2.40. The number of rotatable bonds is 2. The van der Waals surface area contributed by atoms with Crippen molar-refractivity contribution in [1.82, 2.24) is 5.32 Å². The van der Waals surface area contributed by atoms with Crippen molar-refractivity contribution in [3.8, 4) is 0 Å². The second-order valence-electron chi connectivity index (χ2n) is 4.33. The van der Waals surface area contributed by atoms with Gasteiger partial charge in [0.2, 0.25) is 11.8 Å². The summed E-state index contributed by atoms with van der Waals surface area (Å²) in [5.41, 5.74) is 0.304. The Balaban J connectivity index is 2.39. The second-order valence-corrected chi connectivity index (χ2v) is 4.33. The number of carbonyl (C=O) groups is 2. The van der Waals surface area contributed by atoms with Crippen molar-refractivity contribution in [2.45, 2.75) is 32.1 Å². The molecule has 5 heteroatoms. The number of nitrogens with one attached hydrogen (secondary N) is 1. The van der Waals surface area contributed by atoms with Crippen molar-refractivity contribution in [3.63, 3.8) is 0 Å². The van der Waals surface area contributed by atoms with Crippen molar-refractivity contribution < 1.29 is 18.4 Å². The molecule has 2 amide bonds. The minimum absolute atomic E-state index is 0.102. The first-order valence-electron chi connectivity index (χ1n) is 5.84. The van der Waals surface area contributed by atoms with Crippen LogP contribution in [0, 0.1) is 11.6 Å². The van der Waals surface area contributed by atoms with Crippen molar-refractivity contribution in [3.05, 3.63) is 34.9 Å². The summed E-state index contributed by atoms with van der Waals surface area (Å²) >= 11 is 0. The standard InChI is InChI=1S/C13H13F2NO2/c1-2-7-5-9(14)12(10(15)6-7)8-3-4-11(17)16-13(8)18/h5-6,8H,2-4H2,1H3,(H,16,17,18). The highest BCUT2D eigenvalue weighted by molar-refractivity contribution is 6.00. The predicted molar refractivity (Wildman–Crippen MR) is 60.9 cm³/mol. The van der Waals surface area contributed by atoms with Crippen LogP contribution in [0.1, 0.15) is 36.8 Å². The van der Waals surface area contributed by atoms with Gasteiger partial charge in [0, 0.05) is 12.0 Å². The predicted octanol–water partition coefficient (Wildman–Crippen LogP) is 2.05. The van der Waals surface area contributed by atoms with E-state index in [0.29, 0.717) is 12.0 Å². The van der Waals surface area contributed by atoms with Gasteiger partial charge in [-0.3, -0.25) is 14.9 Å². The normalized spacial score (nSPS) is 19.8. The van der Waals surface area contributed by atoms with Gasteiger partial charge in [0.15, 0.2) is 0 Å². The second kappa shape index (κ2) is 4.84. The van der Waals surface area contributed by atoms with E-state index in [1.54, 1.807) is 6.92 Å². The Hall–Kier alpha value is -1.78. The molecule has 1 aromatic carbocycles. The Morgan fingerprint density at radius 3 is 2.39 bits per heavy atom. The SMILES string of the molecule is CCc1cc(F)c(C2CCC(=O)NC2=O)c(F)c1. The number of halogens is 2. The van der Waals surface area contributed by atoms with Crippen molar-refractivity contribution in [2.75, 3.05) is 0 Å². The third-order valence-electron chi connectivity index (χ3n) is 3.13. The van der Waals surface area contributed by atoms with Crippen LogP contribution in [0.15, 0.2) is 12.1 Å². The molecule has 0 saturated carbocycles. The minimum Gasteiger partial charge on any atom is -0.296 e. The summed E-state index contributed by atoms with van der Waals surface area (Å²) in [6.45, 7) is 1.79. The fourth-order valence-electron chi connectivity index (χ4n) is 2.14. The van der Waals surface area contributed by atoms with Crippen LogP contribution in [0.25, 0.3) is 0 Å². The molecule has 0 spiro atoms. The first kappa shape index (κ1) is 12.7. The van der Waals surface area contributed by atoms with Crippen LogP contribution >= 0.6 is 0 Å². The van der Waals surface area contributed by atoms with Crippen molar-refractivity contribution in [1.29, 1.82) is 0 Å². The molecule has 0 radical (unpaired) electrons. The third kappa shape index (κ3) is 2.25. The van der Waals surface area contributed by atoms with Gasteiger partial charge in [0.1, 0.15) is 11.6 Å². The van der Waals surface area contributed by atoms with E-state index in [1.807, 2.05) is 0 Å². The first-order chi connectivity index (χ1) is 8.52. The minimum atomic E-state index is -0.923. The van der Waals surface area contributed by atoms with Crippen LogP contribution in [0.3, 0.4) is 0 Å². The van der Waals surface area contributed by atoms with Gasteiger partial charge in [-0.15, -0.1) is 0 Å². The largest absolute Gasteiger partial charge is 0.296 e. The van der Waals surface area contributed by atoms with E-state index in [4.69, 9.17) is 0 Å². The van der Waals surface area contributed by atoms with E-state index < -0.39 is 29.4 Å². The van der Waals surface area contributed by atoms with Crippen LogP contribution in [0.5, 0.6) is 0 Å². The number of piperidine rings is 1. The molecule has 0 bridgehead atoms. The van der Waals surface area contributed by atoms with Gasteiger partial charge in [0.05, 0.1) is 5.92 Å². The maximum Gasteiger partial charge on any atom is 0.234 e. The smallest absolute Gasteiger partial charge is 0.234 e. The van der Waals surface area contributed by atoms with E-state index in [9.17, 15) is 18.4 Å². The van der Waals surface area contributed by atoms with Crippen molar-refractivity contribution in [2.24, 2.45) is 0 Å². The summed E-state index contributed by atoms with van der Waals surface area (Å²) in [6.07, 6.45) is 0.762. The topological polar surface area (TPSA) is 46.2 Å². The molecule has 18 heavy (non-hydrogen) atoms. The zero-order valence-corrected chi connectivity index (χ0v) is 9.93. The Morgan fingerprint density at radius 1 is 1.28 bits per heavy atom. The van der Waals surface area contributed by atoms with E-state index in [0.717, 1.165) is 0 Å². The van der Waals surface area contributed by atoms with Gasteiger partial charge in [0.25, 0.3) is 0 Å². The van der Waals surface area contributed by atoms with Gasteiger partial charge in [-0.25, -0.2) is 8.78 Å². The number of amides is 2. The van der Waals surface area contributed by atoms with Crippen LogP contribution in [0.2, 0.25) is 0 Å². The molecule has 0 aromatic heterocycles. The third-order valence-corrected chi connectivity index (χ3v) is 3.13. The Kier molecular flexibility index (Phi) is 3.41. The molecular formula is C13H13F2NO2. The summed E-state index contributed by atoms with van der Waals surface area (Å²) in [6, 6.07) is 2.48. The molecule has 1 aliphatic rings. The summed E-state index contributed by atoms with van der Waals surface area (Å²) in [4.78, 5) is 22.6. The van der Waals surface area contributed by atoms with Crippen LogP contribution in [-0.2, 0) is 16.0 Å². The molecule has 1 heterocycles. The molecule has 1 unspecified atom stereocenters.